The van der Waals surface area contributed by atoms with E-state index in [1.165, 1.54) is 0 Å². The quantitative estimate of drug-likeness (QED) is 0.482. The fourth-order valence-electron chi connectivity index (χ4n) is 1.35. The molecule has 0 aliphatic carbocycles. The summed E-state index contributed by atoms with van der Waals surface area (Å²) in [7, 11) is 0. The standard InChI is InChI=1S/C11H15ClN2O2/c1-6-4-9(5-7(2)10(6)12)16-8(3)11(15)14-13/h4-5,8H,13H2,1-3H3,(H,14,15)/t8-/m1/s1. The maximum absolute atomic E-state index is 11.2. The number of ether oxygens (including phenoxy) is 1. The van der Waals surface area contributed by atoms with Gasteiger partial charge in [-0.2, -0.15) is 0 Å². The molecule has 0 unspecified atom stereocenters. The van der Waals surface area contributed by atoms with Gasteiger partial charge in [0.25, 0.3) is 5.91 Å². The fourth-order valence-corrected chi connectivity index (χ4v) is 1.46. The second kappa shape index (κ2) is 5.18. The molecule has 0 radical (unpaired) electrons. The zero-order valence-electron chi connectivity index (χ0n) is 9.50. The Morgan fingerprint density at radius 3 is 2.38 bits per heavy atom. The third-order valence-corrected chi connectivity index (χ3v) is 2.83. The lowest BCUT2D eigenvalue weighted by atomic mass is 10.1. The van der Waals surface area contributed by atoms with Crippen LogP contribution in [0.2, 0.25) is 5.02 Å². The molecule has 5 heteroatoms. The Morgan fingerprint density at radius 2 is 1.94 bits per heavy atom. The monoisotopic (exact) mass is 242 g/mol. The van der Waals surface area contributed by atoms with Gasteiger partial charge in [-0.1, -0.05) is 11.6 Å². The van der Waals surface area contributed by atoms with Crippen LogP contribution in [0.4, 0.5) is 0 Å². The summed E-state index contributed by atoms with van der Waals surface area (Å²) in [6, 6.07) is 3.57. The molecule has 1 aromatic carbocycles. The zero-order valence-corrected chi connectivity index (χ0v) is 10.3. The van der Waals surface area contributed by atoms with Crippen molar-refractivity contribution < 1.29 is 9.53 Å². The number of hydrogen-bond donors (Lipinski definition) is 2. The van der Waals surface area contributed by atoms with E-state index in [1.54, 1.807) is 19.1 Å². The zero-order chi connectivity index (χ0) is 12.3. The lowest BCUT2D eigenvalue weighted by Gasteiger charge is -2.14. The van der Waals surface area contributed by atoms with Crippen LogP contribution in [0.15, 0.2) is 12.1 Å². The van der Waals surface area contributed by atoms with E-state index < -0.39 is 6.10 Å². The number of benzene rings is 1. The first-order valence-corrected chi connectivity index (χ1v) is 5.27. The first-order valence-electron chi connectivity index (χ1n) is 4.89. The van der Waals surface area contributed by atoms with Crippen molar-refractivity contribution in [3.63, 3.8) is 0 Å². The van der Waals surface area contributed by atoms with Crippen molar-refractivity contribution in [2.75, 3.05) is 0 Å². The molecule has 88 valence electrons. The van der Waals surface area contributed by atoms with E-state index in [0.29, 0.717) is 10.8 Å². The second-order valence-electron chi connectivity index (χ2n) is 3.64. The topological polar surface area (TPSA) is 64.3 Å². The van der Waals surface area contributed by atoms with Crippen molar-refractivity contribution >= 4 is 17.5 Å². The van der Waals surface area contributed by atoms with E-state index in [4.69, 9.17) is 22.2 Å². The summed E-state index contributed by atoms with van der Waals surface area (Å²) in [5, 5.41) is 0.711. The Labute approximate surface area is 99.7 Å². The van der Waals surface area contributed by atoms with Gasteiger partial charge in [0.15, 0.2) is 6.10 Å². The van der Waals surface area contributed by atoms with Crippen molar-refractivity contribution in [2.24, 2.45) is 5.84 Å². The van der Waals surface area contributed by atoms with Crippen molar-refractivity contribution in [3.8, 4) is 5.75 Å². The highest BCUT2D eigenvalue weighted by Gasteiger charge is 2.13. The normalized spacial score (nSPS) is 12.1. The predicted molar refractivity (Wildman–Crippen MR) is 63.3 cm³/mol. The van der Waals surface area contributed by atoms with Gasteiger partial charge in [-0.15, -0.1) is 0 Å². The molecule has 0 saturated heterocycles. The van der Waals surface area contributed by atoms with E-state index in [9.17, 15) is 4.79 Å². The molecule has 0 aliphatic rings. The van der Waals surface area contributed by atoms with Crippen LogP contribution in [0, 0.1) is 13.8 Å². The molecule has 0 aliphatic heterocycles. The van der Waals surface area contributed by atoms with E-state index in [-0.39, 0.29) is 5.91 Å². The number of halogens is 1. The van der Waals surface area contributed by atoms with E-state index in [0.717, 1.165) is 11.1 Å². The molecule has 1 atom stereocenters. The molecular weight excluding hydrogens is 228 g/mol. The largest absolute Gasteiger partial charge is 0.481 e. The van der Waals surface area contributed by atoms with Crippen LogP contribution in [0.3, 0.4) is 0 Å². The summed E-state index contributed by atoms with van der Waals surface area (Å²) in [6.45, 7) is 5.40. The highest BCUT2D eigenvalue weighted by Crippen LogP contribution is 2.26. The van der Waals surface area contributed by atoms with E-state index >= 15 is 0 Å². The van der Waals surface area contributed by atoms with Gasteiger partial charge >= 0.3 is 0 Å². The molecule has 4 nitrogen and oxygen atoms in total. The number of rotatable bonds is 3. The van der Waals surface area contributed by atoms with Crippen LogP contribution in [0.5, 0.6) is 5.75 Å². The second-order valence-corrected chi connectivity index (χ2v) is 4.02. The summed E-state index contributed by atoms with van der Waals surface area (Å²) in [6.07, 6.45) is -0.634. The number of nitrogens with two attached hydrogens (primary N) is 1. The molecule has 1 aromatic rings. The van der Waals surface area contributed by atoms with Gasteiger partial charge in [0.05, 0.1) is 0 Å². The Kier molecular flexibility index (Phi) is 4.15. The van der Waals surface area contributed by atoms with Crippen LogP contribution in [0.25, 0.3) is 0 Å². The number of nitrogens with one attached hydrogen (secondary N) is 1. The average molecular weight is 243 g/mol. The molecule has 0 spiro atoms. The Bertz CT molecular complexity index is 384. The van der Waals surface area contributed by atoms with E-state index in [2.05, 4.69) is 0 Å². The maximum Gasteiger partial charge on any atom is 0.274 e. The summed E-state index contributed by atoms with van der Waals surface area (Å²) >= 11 is 6.02. The number of hydrogen-bond acceptors (Lipinski definition) is 3. The third-order valence-electron chi connectivity index (χ3n) is 2.23. The van der Waals surface area contributed by atoms with Gasteiger partial charge in [-0.05, 0) is 44.0 Å². The highest BCUT2D eigenvalue weighted by molar-refractivity contribution is 6.32. The molecular formula is C11H15ClN2O2. The van der Waals surface area contributed by atoms with Gasteiger partial charge < -0.3 is 4.74 Å². The number of aryl methyl sites for hydroxylation is 2. The molecule has 0 aromatic heterocycles. The smallest absolute Gasteiger partial charge is 0.274 e. The van der Waals surface area contributed by atoms with Crippen LogP contribution >= 0.6 is 11.6 Å². The Hall–Kier alpha value is -1.26. The molecule has 0 heterocycles. The van der Waals surface area contributed by atoms with Crippen LogP contribution in [-0.4, -0.2) is 12.0 Å². The molecule has 16 heavy (non-hydrogen) atoms. The molecule has 3 N–H and O–H groups in total. The van der Waals surface area contributed by atoms with Gasteiger partial charge in [0, 0.05) is 5.02 Å². The third kappa shape index (κ3) is 2.87. The predicted octanol–water partition coefficient (Wildman–Crippen LogP) is 1.71. The lowest BCUT2D eigenvalue weighted by Crippen LogP contribution is -2.40. The number of hydrazine groups is 1. The number of amides is 1. The van der Waals surface area contributed by atoms with Gasteiger partial charge in [0.2, 0.25) is 0 Å². The fraction of sp³-hybridized carbons (Fsp3) is 0.364. The van der Waals surface area contributed by atoms with Crippen LogP contribution < -0.4 is 16.0 Å². The molecule has 0 bridgehead atoms. The van der Waals surface area contributed by atoms with Gasteiger partial charge in [-0.3, -0.25) is 10.2 Å². The number of carbonyl (C=O) groups is 1. The Balaban J connectivity index is 2.86. The maximum atomic E-state index is 11.2. The van der Waals surface area contributed by atoms with Crippen LogP contribution in [-0.2, 0) is 4.79 Å². The highest BCUT2D eigenvalue weighted by atomic mass is 35.5. The average Bonchev–Trinajstić information content (AvgIpc) is 2.24. The first kappa shape index (κ1) is 12.8. The lowest BCUT2D eigenvalue weighted by molar-refractivity contribution is -0.127. The summed E-state index contributed by atoms with van der Waals surface area (Å²) in [5.41, 5.74) is 3.86. The van der Waals surface area contributed by atoms with Gasteiger partial charge in [-0.25, -0.2) is 5.84 Å². The molecule has 1 amide bonds. The van der Waals surface area contributed by atoms with Crippen molar-refractivity contribution in [1.29, 1.82) is 0 Å². The minimum Gasteiger partial charge on any atom is -0.481 e. The molecule has 0 fully saturated rings. The Morgan fingerprint density at radius 1 is 1.44 bits per heavy atom. The van der Waals surface area contributed by atoms with Gasteiger partial charge in [0.1, 0.15) is 5.75 Å². The van der Waals surface area contributed by atoms with Crippen LogP contribution in [0.1, 0.15) is 18.1 Å². The molecule has 0 saturated carbocycles. The van der Waals surface area contributed by atoms with Crippen molar-refractivity contribution in [2.45, 2.75) is 26.9 Å². The molecule has 1 rings (SSSR count). The summed E-state index contributed by atoms with van der Waals surface area (Å²) in [4.78, 5) is 11.2. The first-order chi connectivity index (χ1) is 7.45. The minimum absolute atomic E-state index is 0.370. The summed E-state index contributed by atoms with van der Waals surface area (Å²) < 4.78 is 5.43. The minimum atomic E-state index is -0.634. The summed E-state index contributed by atoms with van der Waals surface area (Å²) in [5.74, 6) is 5.25. The van der Waals surface area contributed by atoms with Crippen molar-refractivity contribution in [3.05, 3.63) is 28.3 Å². The SMILES string of the molecule is Cc1cc(O[C@H](C)C(=O)NN)cc(C)c1Cl. The van der Waals surface area contributed by atoms with E-state index in [1.807, 2.05) is 19.3 Å². The van der Waals surface area contributed by atoms with Crippen molar-refractivity contribution in [1.82, 2.24) is 5.43 Å². The number of carbonyl (C=O) groups excluding carboxylic acids is 1.